The molecular weight excluding hydrogens is 436 g/mol. The number of nitrogens with zero attached hydrogens (tertiary/aromatic N) is 1. The van der Waals surface area contributed by atoms with Crippen LogP contribution in [0.4, 0.5) is 0 Å². The van der Waals surface area contributed by atoms with Crippen molar-refractivity contribution in [2.24, 2.45) is 7.05 Å². The van der Waals surface area contributed by atoms with Crippen LogP contribution in [0.15, 0.2) is 71.7 Å². The van der Waals surface area contributed by atoms with Crippen molar-refractivity contribution in [3.63, 3.8) is 0 Å². The van der Waals surface area contributed by atoms with E-state index in [2.05, 4.69) is 10.3 Å². The summed E-state index contributed by atoms with van der Waals surface area (Å²) in [4.78, 5) is 39.5. The van der Waals surface area contributed by atoms with Gasteiger partial charge in [0.05, 0.1) is 0 Å². The largest absolute Gasteiger partial charge is 0.457 e. The van der Waals surface area contributed by atoms with Crippen LogP contribution in [-0.2, 0) is 11.8 Å². The van der Waals surface area contributed by atoms with Crippen LogP contribution >= 0.6 is 0 Å². The molecule has 0 aliphatic carbocycles. The third-order valence-corrected chi connectivity index (χ3v) is 5.35. The summed E-state index contributed by atoms with van der Waals surface area (Å²) in [6.45, 7) is 0.236. The molecule has 0 bridgehead atoms. The number of hydrogen-bond donors (Lipinski definition) is 4. The van der Waals surface area contributed by atoms with Gasteiger partial charge >= 0.3 is 0 Å². The van der Waals surface area contributed by atoms with E-state index in [1.54, 1.807) is 24.8 Å². The number of benzene rings is 2. The van der Waals surface area contributed by atoms with Gasteiger partial charge in [0.2, 0.25) is 5.91 Å². The number of aromatic amines is 1. The molecule has 4 aromatic rings. The van der Waals surface area contributed by atoms with Crippen molar-refractivity contribution in [3.8, 4) is 22.6 Å². The number of aryl methyl sites for hydroxylation is 1. The molecule has 0 aliphatic heterocycles. The molecule has 0 radical (unpaired) electrons. The van der Waals surface area contributed by atoms with Crippen molar-refractivity contribution in [3.05, 3.63) is 82.9 Å². The Labute approximate surface area is 195 Å². The average Bonchev–Trinajstić information content (AvgIpc) is 3.31. The molecule has 0 saturated heterocycles. The van der Waals surface area contributed by atoms with Crippen LogP contribution < -0.4 is 21.1 Å². The fourth-order valence-electron chi connectivity index (χ4n) is 3.67. The van der Waals surface area contributed by atoms with Crippen LogP contribution in [0, 0.1) is 0 Å². The zero-order chi connectivity index (χ0) is 24.1. The van der Waals surface area contributed by atoms with Crippen molar-refractivity contribution < 1.29 is 19.5 Å². The Morgan fingerprint density at radius 1 is 1.06 bits per heavy atom. The molecule has 9 heteroatoms. The molecule has 9 nitrogen and oxygen atoms in total. The molecule has 2 amide bonds. The van der Waals surface area contributed by atoms with Gasteiger partial charge in [-0.3, -0.25) is 19.6 Å². The van der Waals surface area contributed by atoms with E-state index in [1.807, 2.05) is 54.6 Å². The number of pyridine rings is 1. The summed E-state index contributed by atoms with van der Waals surface area (Å²) in [5.74, 6) is 0.370. The summed E-state index contributed by atoms with van der Waals surface area (Å²) in [6, 6.07) is 18.5. The summed E-state index contributed by atoms with van der Waals surface area (Å²) in [7, 11) is 1.65. The highest BCUT2D eigenvalue weighted by Crippen LogP contribution is 2.36. The summed E-state index contributed by atoms with van der Waals surface area (Å²) in [5, 5.41) is 11.8. The van der Waals surface area contributed by atoms with Crippen LogP contribution in [0.25, 0.3) is 22.0 Å². The lowest BCUT2D eigenvalue weighted by Crippen LogP contribution is -2.26. The van der Waals surface area contributed by atoms with E-state index >= 15 is 0 Å². The summed E-state index contributed by atoms with van der Waals surface area (Å²) in [6.07, 6.45) is 2.16. The minimum Gasteiger partial charge on any atom is -0.457 e. The number of ether oxygens (including phenoxy) is 1. The Bertz CT molecular complexity index is 1390. The topological polar surface area (TPSA) is 125 Å². The van der Waals surface area contributed by atoms with E-state index in [9.17, 15) is 14.4 Å². The molecule has 0 aliphatic rings. The van der Waals surface area contributed by atoms with Gasteiger partial charge in [-0.05, 0) is 30.7 Å². The number of nitrogens with one attached hydrogen (secondary N) is 3. The zero-order valence-electron chi connectivity index (χ0n) is 18.5. The van der Waals surface area contributed by atoms with Crippen molar-refractivity contribution in [1.82, 2.24) is 20.3 Å². The van der Waals surface area contributed by atoms with Crippen LogP contribution in [0.5, 0.6) is 11.5 Å². The smallest absolute Gasteiger partial charge is 0.274 e. The normalized spacial score (nSPS) is 10.8. The lowest BCUT2D eigenvalue weighted by atomic mass is 10.0. The fourth-order valence-corrected chi connectivity index (χ4v) is 3.67. The first-order chi connectivity index (χ1) is 16.5. The van der Waals surface area contributed by atoms with Crippen molar-refractivity contribution >= 4 is 22.7 Å². The van der Waals surface area contributed by atoms with Crippen molar-refractivity contribution in [2.75, 3.05) is 6.54 Å². The van der Waals surface area contributed by atoms with E-state index in [-0.39, 0.29) is 24.2 Å². The molecule has 0 fully saturated rings. The first-order valence-corrected chi connectivity index (χ1v) is 10.7. The molecule has 2 aromatic carbocycles. The van der Waals surface area contributed by atoms with Crippen LogP contribution in [0.2, 0.25) is 0 Å². The molecule has 34 heavy (non-hydrogen) atoms. The molecule has 0 spiro atoms. The first-order valence-electron chi connectivity index (χ1n) is 10.7. The maximum Gasteiger partial charge on any atom is 0.274 e. The van der Waals surface area contributed by atoms with Gasteiger partial charge in [-0.1, -0.05) is 36.4 Å². The molecule has 2 heterocycles. The first kappa shape index (κ1) is 22.8. The molecule has 0 saturated carbocycles. The fraction of sp³-hybridized carbons (Fsp3) is 0.160. The Balaban J connectivity index is 1.68. The lowest BCUT2D eigenvalue weighted by molar-refractivity contribution is -0.129. The standard InChI is InChI=1S/C25H24N4O5/c1-29-15-19(17-10-5-6-11-21(17)34-16-8-3-2-4-9-16)18-14-20(27-23(18)25(29)32)24(31)26-13-7-12-22(30)28-33/h2-6,8-11,14-15,27,33H,7,12-13H2,1H3,(H,26,31)(H,28,30). The van der Waals surface area contributed by atoms with Gasteiger partial charge in [-0.2, -0.15) is 0 Å². The van der Waals surface area contributed by atoms with Crippen molar-refractivity contribution in [2.45, 2.75) is 12.8 Å². The number of hydroxylamine groups is 1. The van der Waals surface area contributed by atoms with Crippen LogP contribution in [0.1, 0.15) is 23.3 Å². The lowest BCUT2D eigenvalue weighted by Gasteiger charge is -2.13. The number of H-pyrrole nitrogens is 1. The van der Waals surface area contributed by atoms with E-state index in [1.165, 1.54) is 4.57 Å². The second-order valence-corrected chi connectivity index (χ2v) is 7.74. The number of carbonyl (C=O) groups excluding carboxylic acids is 2. The molecule has 4 N–H and O–H groups in total. The number of rotatable bonds is 8. The van der Waals surface area contributed by atoms with E-state index in [0.717, 1.165) is 11.1 Å². The van der Waals surface area contributed by atoms with Gasteiger partial charge in [-0.15, -0.1) is 0 Å². The van der Waals surface area contributed by atoms with Crippen LogP contribution in [0.3, 0.4) is 0 Å². The highest BCUT2D eigenvalue weighted by molar-refractivity contribution is 6.03. The SMILES string of the molecule is Cn1cc(-c2ccccc2Oc2ccccc2)c2cc(C(=O)NCCCC(=O)NO)[nH]c2c1=O. The maximum atomic E-state index is 12.8. The third-order valence-electron chi connectivity index (χ3n) is 5.35. The van der Waals surface area contributed by atoms with E-state index in [0.29, 0.717) is 28.8 Å². The highest BCUT2D eigenvalue weighted by Gasteiger charge is 2.18. The molecule has 4 rings (SSSR count). The third kappa shape index (κ3) is 4.84. The Hall–Kier alpha value is -4.37. The number of para-hydroxylation sites is 2. The van der Waals surface area contributed by atoms with Crippen LogP contribution in [-0.4, -0.2) is 33.1 Å². The number of carbonyl (C=O) groups is 2. The molecular formula is C25H24N4O5. The minimum absolute atomic E-state index is 0.0758. The quantitative estimate of drug-likeness (QED) is 0.182. The average molecular weight is 460 g/mol. The Kier molecular flexibility index (Phi) is 6.74. The summed E-state index contributed by atoms with van der Waals surface area (Å²) < 4.78 is 7.56. The van der Waals surface area contributed by atoms with Gasteiger partial charge in [0.25, 0.3) is 11.5 Å². The van der Waals surface area contributed by atoms with Gasteiger partial charge in [0, 0.05) is 42.7 Å². The summed E-state index contributed by atoms with van der Waals surface area (Å²) in [5.41, 5.74) is 3.33. The monoisotopic (exact) mass is 460 g/mol. The molecule has 0 atom stereocenters. The number of hydrogen-bond acceptors (Lipinski definition) is 5. The highest BCUT2D eigenvalue weighted by atomic mass is 16.5. The van der Waals surface area contributed by atoms with E-state index in [4.69, 9.17) is 9.94 Å². The molecule has 2 aromatic heterocycles. The van der Waals surface area contributed by atoms with Crippen molar-refractivity contribution in [1.29, 1.82) is 0 Å². The number of fused-ring (bicyclic) bond motifs is 1. The zero-order valence-corrected chi connectivity index (χ0v) is 18.5. The molecule has 174 valence electrons. The molecule has 0 unspecified atom stereocenters. The number of amides is 2. The minimum atomic E-state index is -0.524. The second-order valence-electron chi connectivity index (χ2n) is 7.74. The number of aromatic nitrogens is 2. The van der Waals surface area contributed by atoms with E-state index < -0.39 is 11.8 Å². The van der Waals surface area contributed by atoms with Gasteiger partial charge in [0.15, 0.2) is 0 Å². The Morgan fingerprint density at radius 2 is 1.79 bits per heavy atom. The predicted molar refractivity (Wildman–Crippen MR) is 127 cm³/mol. The Morgan fingerprint density at radius 3 is 2.56 bits per heavy atom. The van der Waals surface area contributed by atoms with Gasteiger partial charge in [0.1, 0.15) is 22.7 Å². The second kappa shape index (κ2) is 10.1. The maximum absolute atomic E-state index is 12.8. The summed E-state index contributed by atoms with van der Waals surface area (Å²) >= 11 is 0. The van der Waals surface area contributed by atoms with Gasteiger partial charge < -0.3 is 19.6 Å². The van der Waals surface area contributed by atoms with Gasteiger partial charge in [-0.25, -0.2) is 5.48 Å². The predicted octanol–water partition coefficient (Wildman–Crippen LogP) is 3.34.